The van der Waals surface area contributed by atoms with Crippen molar-refractivity contribution in [2.75, 3.05) is 17.4 Å². The summed E-state index contributed by atoms with van der Waals surface area (Å²) in [5, 5.41) is 3.23. The fourth-order valence-electron chi connectivity index (χ4n) is 4.02. The Morgan fingerprint density at radius 1 is 1.00 bits per heavy atom. The lowest BCUT2D eigenvalue weighted by atomic mass is 10.1. The summed E-state index contributed by atoms with van der Waals surface area (Å²) in [5.41, 5.74) is 1.88. The maximum absolute atomic E-state index is 14.0. The molecule has 10 heteroatoms. The van der Waals surface area contributed by atoms with E-state index in [2.05, 4.69) is 21.2 Å². The van der Waals surface area contributed by atoms with Gasteiger partial charge in [0.05, 0.1) is 10.6 Å². The predicted molar refractivity (Wildman–Crippen MR) is 155 cm³/mol. The number of hydrogen-bond donors (Lipinski definition) is 1. The molecule has 3 aromatic rings. The van der Waals surface area contributed by atoms with Crippen LogP contribution in [-0.2, 0) is 26.2 Å². The van der Waals surface area contributed by atoms with Gasteiger partial charge >= 0.3 is 0 Å². The van der Waals surface area contributed by atoms with Crippen LogP contribution in [0.3, 0.4) is 0 Å². The second kappa shape index (κ2) is 13.3. The zero-order valence-corrected chi connectivity index (χ0v) is 24.7. The molecule has 0 spiro atoms. The molecule has 0 saturated heterocycles. The van der Waals surface area contributed by atoms with E-state index in [1.807, 2.05) is 13.8 Å². The first-order valence-electron chi connectivity index (χ1n) is 12.2. The van der Waals surface area contributed by atoms with Gasteiger partial charge in [-0.3, -0.25) is 13.9 Å². The van der Waals surface area contributed by atoms with Crippen molar-refractivity contribution in [3.8, 4) is 0 Å². The molecule has 1 atom stereocenters. The van der Waals surface area contributed by atoms with Gasteiger partial charge in [-0.25, -0.2) is 8.42 Å². The van der Waals surface area contributed by atoms with Gasteiger partial charge in [0, 0.05) is 22.6 Å². The largest absolute Gasteiger partial charge is 0.355 e. The van der Waals surface area contributed by atoms with E-state index in [0.717, 1.165) is 9.87 Å². The molecular formula is C28H31BrClN3O4S. The molecule has 2 amide bonds. The van der Waals surface area contributed by atoms with Crippen LogP contribution in [0.25, 0.3) is 0 Å². The van der Waals surface area contributed by atoms with Crippen molar-refractivity contribution in [3.63, 3.8) is 0 Å². The number of sulfonamides is 1. The number of benzene rings is 3. The number of nitrogens with one attached hydrogen (secondary N) is 1. The van der Waals surface area contributed by atoms with E-state index in [4.69, 9.17) is 11.6 Å². The van der Waals surface area contributed by atoms with Crippen molar-refractivity contribution in [3.05, 3.63) is 93.4 Å². The lowest BCUT2D eigenvalue weighted by Crippen LogP contribution is -2.52. The van der Waals surface area contributed by atoms with Gasteiger partial charge in [-0.15, -0.1) is 0 Å². The van der Waals surface area contributed by atoms with Gasteiger partial charge in [0.1, 0.15) is 12.6 Å². The molecule has 1 N–H and O–H groups in total. The van der Waals surface area contributed by atoms with Crippen LogP contribution in [0, 0.1) is 6.92 Å². The van der Waals surface area contributed by atoms with Crippen LogP contribution < -0.4 is 9.62 Å². The molecule has 0 aliphatic heterocycles. The van der Waals surface area contributed by atoms with E-state index in [-0.39, 0.29) is 17.3 Å². The monoisotopic (exact) mass is 619 g/mol. The quantitative estimate of drug-likeness (QED) is 0.305. The molecule has 38 heavy (non-hydrogen) atoms. The number of nitrogens with zero attached hydrogens (tertiary/aromatic N) is 2. The van der Waals surface area contributed by atoms with Gasteiger partial charge in [0.25, 0.3) is 10.0 Å². The van der Waals surface area contributed by atoms with Crippen molar-refractivity contribution >= 4 is 55.1 Å². The first-order valence-corrected chi connectivity index (χ1v) is 14.8. The van der Waals surface area contributed by atoms with E-state index in [1.54, 1.807) is 67.6 Å². The van der Waals surface area contributed by atoms with Gasteiger partial charge < -0.3 is 10.2 Å². The molecule has 0 radical (unpaired) electrons. The Morgan fingerprint density at radius 3 is 2.29 bits per heavy atom. The average Bonchev–Trinajstić information content (AvgIpc) is 2.88. The highest BCUT2D eigenvalue weighted by atomic mass is 79.9. The summed E-state index contributed by atoms with van der Waals surface area (Å²) in [6.07, 6.45) is 0.337. The zero-order valence-electron chi connectivity index (χ0n) is 21.5. The number of carbonyl (C=O) groups is 2. The van der Waals surface area contributed by atoms with E-state index < -0.39 is 28.5 Å². The predicted octanol–water partition coefficient (Wildman–Crippen LogP) is 5.55. The van der Waals surface area contributed by atoms with Gasteiger partial charge in [-0.1, -0.05) is 76.4 Å². The SMILES string of the molecule is CCNC(=O)[C@@H](CC)N(Cc1ccccc1Cl)C(=O)CN(c1cccc(Br)c1)S(=O)(=O)c1ccc(C)cc1. The average molecular weight is 621 g/mol. The molecule has 0 bridgehead atoms. The van der Waals surface area contributed by atoms with Crippen LogP contribution in [0.5, 0.6) is 0 Å². The third-order valence-corrected chi connectivity index (χ3v) is 8.67. The van der Waals surface area contributed by atoms with Gasteiger partial charge in [-0.2, -0.15) is 0 Å². The Hall–Kier alpha value is -2.88. The molecule has 7 nitrogen and oxygen atoms in total. The molecule has 3 rings (SSSR count). The highest BCUT2D eigenvalue weighted by molar-refractivity contribution is 9.10. The third-order valence-electron chi connectivity index (χ3n) is 6.02. The smallest absolute Gasteiger partial charge is 0.264 e. The topological polar surface area (TPSA) is 86.8 Å². The number of anilines is 1. The number of amides is 2. The molecule has 0 fully saturated rings. The minimum absolute atomic E-state index is 0.0467. The Kier molecular flexibility index (Phi) is 10.4. The lowest BCUT2D eigenvalue weighted by Gasteiger charge is -2.33. The van der Waals surface area contributed by atoms with Crippen LogP contribution >= 0.6 is 27.5 Å². The summed E-state index contributed by atoms with van der Waals surface area (Å²) < 4.78 is 29.4. The summed E-state index contributed by atoms with van der Waals surface area (Å²) in [5.74, 6) is -0.843. The maximum Gasteiger partial charge on any atom is 0.264 e. The molecule has 0 heterocycles. The van der Waals surface area contributed by atoms with Crippen molar-refractivity contribution in [1.82, 2.24) is 10.2 Å². The van der Waals surface area contributed by atoms with Crippen LogP contribution in [0.4, 0.5) is 5.69 Å². The molecule has 0 aliphatic rings. The number of halogens is 2. The second-order valence-electron chi connectivity index (χ2n) is 8.74. The summed E-state index contributed by atoms with van der Waals surface area (Å²) in [6, 6.07) is 19.4. The third kappa shape index (κ3) is 7.15. The number of aryl methyl sites for hydroxylation is 1. The molecule has 202 valence electrons. The van der Waals surface area contributed by atoms with E-state index in [1.165, 1.54) is 17.0 Å². The number of likely N-dealkylation sites (N-methyl/N-ethyl adjacent to an activating group) is 1. The number of hydrogen-bond acceptors (Lipinski definition) is 4. The van der Waals surface area contributed by atoms with Crippen molar-refractivity contribution in [1.29, 1.82) is 0 Å². The lowest BCUT2D eigenvalue weighted by molar-refractivity contribution is -0.140. The Labute approximate surface area is 238 Å². The normalized spacial score (nSPS) is 12.0. The second-order valence-corrected chi connectivity index (χ2v) is 11.9. The number of carbonyl (C=O) groups excluding carboxylic acids is 2. The van der Waals surface area contributed by atoms with Gasteiger partial charge in [0.15, 0.2) is 0 Å². The summed E-state index contributed by atoms with van der Waals surface area (Å²) in [4.78, 5) is 28.4. The Balaban J connectivity index is 2.07. The van der Waals surface area contributed by atoms with E-state index >= 15 is 0 Å². The summed E-state index contributed by atoms with van der Waals surface area (Å²) in [7, 11) is -4.12. The van der Waals surface area contributed by atoms with Crippen LogP contribution in [0.15, 0.2) is 82.2 Å². The van der Waals surface area contributed by atoms with Crippen molar-refractivity contribution in [2.45, 2.75) is 44.7 Å². The van der Waals surface area contributed by atoms with Gasteiger partial charge in [0.2, 0.25) is 11.8 Å². The zero-order chi connectivity index (χ0) is 27.9. The molecule has 0 saturated carbocycles. The summed E-state index contributed by atoms with van der Waals surface area (Å²) >= 11 is 9.79. The highest BCUT2D eigenvalue weighted by Crippen LogP contribution is 2.28. The Morgan fingerprint density at radius 2 is 1.68 bits per heavy atom. The van der Waals surface area contributed by atoms with E-state index in [9.17, 15) is 18.0 Å². The highest BCUT2D eigenvalue weighted by Gasteiger charge is 2.33. The molecule has 0 unspecified atom stereocenters. The fourth-order valence-corrected chi connectivity index (χ4v) is 6.01. The first-order chi connectivity index (χ1) is 18.1. The molecule has 3 aromatic carbocycles. The molecule has 0 aromatic heterocycles. The van der Waals surface area contributed by atoms with Crippen molar-refractivity contribution < 1.29 is 18.0 Å². The Bertz CT molecular complexity index is 1380. The van der Waals surface area contributed by atoms with E-state index in [0.29, 0.717) is 33.7 Å². The minimum atomic E-state index is -4.12. The maximum atomic E-state index is 14.0. The minimum Gasteiger partial charge on any atom is -0.355 e. The fraction of sp³-hybridized carbons (Fsp3) is 0.286. The summed E-state index contributed by atoms with van der Waals surface area (Å²) in [6.45, 7) is 5.41. The standard InChI is InChI=1S/C28H31BrClN3O4S/c1-4-26(28(35)31-5-2)32(18-21-9-6-7-12-25(21)30)27(34)19-33(23-11-8-10-22(29)17-23)38(36,37)24-15-13-20(3)14-16-24/h6-17,26H,4-5,18-19H2,1-3H3,(H,31,35)/t26-/m1/s1. The van der Waals surface area contributed by atoms with Crippen LogP contribution in [0.1, 0.15) is 31.4 Å². The number of rotatable bonds is 11. The van der Waals surface area contributed by atoms with Crippen LogP contribution in [0.2, 0.25) is 5.02 Å². The molecular weight excluding hydrogens is 590 g/mol. The van der Waals surface area contributed by atoms with Gasteiger partial charge in [-0.05, 0) is 62.2 Å². The molecule has 0 aliphatic carbocycles. The first kappa shape index (κ1) is 29.7. The van der Waals surface area contributed by atoms with Crippen molar-refractivity contribution in [2.24, 2.45) is 0 Å². The van der Waals surface area contributed by atoms with Crippen LogP contribution in [-0.4, -0.2) is 44.3 Å².